The van der Waals surface area contributed by atoms with E-state index < -0.39 is 23.9 Å². The van der Waals surface area contributed by atoms with Crippen molar-refractivity contribution < 1.29 is 43.9 Å². The second kappa shape index (κ2) is 48.2. The van der Waals surface area contributed by atoms with Gasteiger partial charge in [-0.25, -0.2) is 29.9 Å². The van der Waals surface area contributed by atoms with Crippen molar-refractivity contribution in [2.75, 3.05) is 131 Å². The normalized spacial score (nSPS) is 13.8. The lowest BCUT2D eigenvalue weighted by Gasteiger charge is -2.36. The molecule has 0 spiro atoms. The summed E-state index contributed by atoms with van der Waals surface area (Å²) in [6, 6.07) is 60.3. The van der Waals surface area contributed by atoms with Gasteiger partial charge in [0.15, 0.2) is 11.3 Å². The number of carbonyl (C=O) groups excluding carboxylic acids is 1. The number of halogens is 1. The number of fused-ring (bicyclic) bond motifs is 2. The standard InChI is InChI=1S/C24H26BN5O2.C23H23N5O.C14H12O2.C10H16BN5O3.C5H13BN2O.C5H4BrN3O2.4CH4/c1-25(31)30-13-11-29(12-14-30)20-15-22-24(26-16-20)28-23(27-22)19-7-9-21(10-8-19)32-17-18-5-3-2-4-6-18;1-2-4-17(5-3-1)16-29-20-8-6-18(7-9-20)22-26-21-14-19(15-25-23(21)27-22)28-12-10-24-11-13-28;15-10-12-6-8-14(9-7-12)16-11-13-4-2-1-3-5-13;1-11(17)15-4-2-14(3-5-15)8-6-9(16(18)19)10(12)13-7-8;1-6(9)8-4-2-7-3-5-8;6-3-1-4(9(10)11)5(7)8-2-3;;;;/h2-10,15-16,31H,11-14,17H2,1H3,(H,26,27,28);1-9,14-15,24H,10-13,16H2,(H,25,26,27);1-10H,11H2;6-7,17H,2-5H2,1H3,(H2,12,13);7,9H,2-5H2,1H3;1-2H,(H2,7,8);4*1H4. The highest BCUT2D eigenvalue weighted by atomic mass is 79.9. The number of ether oxygens (including phenoxy) is 3. The van der Waals surface area contributed by atoms with Crippen molar-refractivity contribution in [2.24, 2.45) is 0 Å². The summed E-state index contributed by atoms with van der Waals surface area (Å²) in [7, 11) is -1.14. The molecule has 4 aliphatic heterocycles. The molecule has 0 radical (unpaired) electrons. The van der Waals surface area contributed by atoms with Crippen molar-refractivity contribution in [1.82, 2.24) is 64.9 Å². The average molecular weight is 1700 g/mol. The van der Waals surface area contributed by atoms with Gasteiger partial charge in [-0.15, -0.1) is 0 Å². The van der Waals surface area contributed by atoms with Gasteiger partial charge in [0.2, 0.25) is 11.6 Å². The number of aldehydes is 1. The van der Waals surface area contributed by atoms with E-state index in [1.54, 1.807) is 37.3 Å². The number of aromatic nitrogens is 8. The summed E-state index contributed by atoms with van der Waals surface area (Å²) in [6.07, 6.45) is 7.56. The van der Waals surface area contributed by atoms with Crippen LogP contribution in [0.2, 0.25) is 20.5 Å². The number of benzene rings is 6. The van der Waals surface area contributed by atoms with E-state index in [2.05, 4.69) is 122 Å². The van der Waals surface area contributed by atoms with Crippen LogP contribution >= 0.6 is 15.9 Å². The number of nitro groups is 2. The number of anilines is 5. The molecule has 0 saturated carbocycles. The molecule has 11 N–H and O–H groups in total. The van der Waals surface area contributed by atoms with Crippen LogP contribution in [-0.2, 0) is 19.8 Å². The maximum Gasteiger partial charge on any atom is 0.376 e. The molecule has 0 atom stereocenters. The fraction of sp³-hybridized carbons (Fsp3) is 0.306. The first-order valence-corrected chi connectivity index (χ1v) is 38.9. The predicted octanol–water partition coefficient (Wildman–Crippen LogP) is 12.8. The van der Waals surface area contributed by atoms with E-state index in [1.165, 1.54) is 18.3 Å². The molecule has 0 amide bonds. The highest BCUT2D eigenvalue weighted by Gasteiger charge is 2.27. The van der Waals surface area contributed by atoms with E-state index >= 15 is 0 Å². The predicted molar refractivity (Wildman–Crippen MR) is 487 cm³/mol. The van der Waals surface area contributed by atoms with Crippen LogP contribution in [-0.4, -0.2) is 211 Å². The maximum atomic E-state index is 10.8. The molecule has 4 fully saturated rings. The summed E-state index contributed by atoms with van der Waals surface area (Å²) in [5.41, 5.74) is 22.6. The molecule has 4 aliphatic rings. The molecule has 4 saturated heterocycles. The van der Waals surface area contributed by atoms with Crippen LogP contribution in [0, 0.1) is 20.2 Å². The number of nitrogen functional groups attached to an aromatic ring is 2. The number of carbonyl (C=O) groups is 1. The first kappa shape index (κ1) is 95.2. The number of nitrogens with zero attached hydrogens (tertiary/aromatic N) is 14. The number of nitrogens with one attached hydrogen (secondary N) is 4. The Labute approximate surface area is 711 Å². The maximum absolute atomic E-state index is 10.8. The number of piperazine rings is 4. The number of pyridine rings is 4. The summed E-state index contributed by atoms with van der Waals surface area (Å²) in [5, 5.41) is 56.0. The molecule has 6 aromatic heterocycles. The Bertz CT molecular complexity index is 5050. The highest BCUT2D eigenvalue weighted by molar-refractivity contribution is 9.10. The minimum atomic E-state index is -0.576. The molecule has 632 valence electrons. The van der Waals surface area contributed by atoms with Gasteiger partial charge in [0.1, 0.15) is 55.0 Å². The Morgan fingerprint density at radius 3 is 1.12 bits per heavy atom. The van der Waals surface area contributed by atoms with Gasteiger partial charge in [0.05, 0.1) is 56.5 Å². The third kappa shape index (κ3) is 28.4. The number of imidazole rings is 2. The van der Waals surface area contributed by atoms with Gasteiger partial charge in [-0.2, -0.15) is 0 Å². The number of hydrogen-bond acceptors (Lipinski definition) is 27. The molecule has 31 nitrogen and oxygen atoms in total. The number of rotatable bonds is 20. The van der Waals surface area contributed by atoms with Gasteiger partial charge < -0.3 is 90.5 Å². The van der Waals surface area contributed by atoms with Crippen molar-refractivity contribution in [2.45, 2.75) is 70.0 Å². The second-order valence-electron chi connectivity index (χ2n) is 27.5. The molecule has 35 heteroatoms. The molecule has 6 aromatic carbocycles. The largest absolute Gasteiger partial charge is 0.489 e. The van der Waals surface area contributed by atoms with E-state index in [9.17, 15) is 35.1 Å². The molecular weight excluding hydrogens is 1590 g/mol. The van der Waals surface area contributed by atoms with Crippen molar-refractivity contribution in [3.8, 4) is 40.0 Å². The van der Waals surface area contributed by atoms with Crippen LogP contribution in [0.25, 0.3) is 45.1 Å². The topological polar surface area (TPSA) is 396 Å². The summed E-state index contributed by atoms with van der Waals surface area (Å²) < 4.78 is 17.9. The zero-order valence-electron chi connectivity index (χ0n) is 64.9. The molecule has 16 rings (SSSR count). The van der Waals surface area contributed by atoms with Crippen molar-refractivity contribution >= 4 is 106 Å². The van der Waals surface area contributed by atoms with E-state index in [0.29, 0.717) is 67.4 Å². The molecular formula is C85H110B3BrN20O11. The highest BCUT2D eigenvalue weighted by Crippen LogP contribution is 2.30. The zero-order valence-corrected chi connectivity index (χ0v) is 66.4. The lowest BCUT2D eigenvalue weighted by atomic mass is 9.84. The Balaban J connectivity index is 0.000000207. The van der Waals surface area contributed by atoms with Crippen LogP contribution in [0.15, 0.2) is 217 Å². The van der Waals surface area contributed by atoms with Gasteiger partial charge in [-0.3, -0.25) is 25.0 Å². The Morgan fingerprint density at radius 1 is 0.442 bits per heavy atom. The van der Waals surface area contributed by atoms with E-state index in [-0.39, 0.29) is 59.8 Å². The van der Waals surface area contributed by atoms with Crippen LogP contribution in [0.5, 0.6) is 17.2 Å². The quantitative estimate of drug-likeness (QED) is 0.0148. The van der Waals surface area contributed by atoms with Crippen LogP contribution in [0.1, 0.15) is 56.8 Å². The summed E-state index contributed by atoms with van der Waals surface area (Å²) in [4.78, 5) is 75.8. The van der Waals surface area contributed by atoms with Gasteiger partial charge in [0.25, 0.3) is 0 Å². The van der Waals surface area contributed by atoms with Gasteiger partial charge in [-0.1, -0.05) is 121 Å². The smallest absolute Gasteiger partial charge is 0.376 e. The summed E-state index contributed by atoms with van der Waals surface area (Å²) >= 11 is 3.04. The molecule has 10 heterocycles. The third-order valence-electron chi connectivity index (χ3n) is 19.4. The minimum absolute atomic E-state index is 0. The van der Waals surface area contributed by atoms with Gasteiger partial charge >= 0.3 is 32.5 Å². The summed E-state index contributed by atoms with van der Waals surface area (Å²) in [5.74, 6) is 3.90. The average Bonchev–Trinajstić information content (AvgIpc) is 1.66. The van der Waals surface area contributed by atoms with E-state index in [4.69, 9.17) is 30.7 Å². The fourth-order valence-corrected chi connectivity index (χ4v) is 13.0. The Morgan fingerprint density at radius 2 is 0.767 bits per heavy atom. The SMILES string of the molecule is C.C.C.C.CB(O)N1CCN(c2cnc(N)c([N+](=O)[O-])c2)CC1.CB(O)N1CCN(c2cnc3nc(-c4ccc(OCc5ccccc5)cc4)[nH]c3c2)CC1.CB(O)N1CCNCC1.Nc1ncc(Br)cc1[N+](=O)[O-].O=Cc1ccc(OCc2ccccc2)cc1.c1ccc(COc2ccc(-c3nc4ncc(N5CCNCC5)cc4[nH]3)cc2)cc1. The first-order valence-electron chi connectivity index (χ1n) is 38.2. The number of aromatic amines is 2. The van der Waals surface area contributed by atoms with E-state index in [0.717, 1.165) is 170 Å². The van der Waals surface area contributed by atoms with Crippen molar-refractivity contribution in [3.05, 3.63) is 260 Å². The first-order chi connectivity index (χ1) is 56.3. The number of H-pyrrole nitrogens is 2. The molecule has 12 aromatic rings. The lowest BCUT2D eigenvalue weighted by molar-refractivity contribution is -0.384. The number of nitrogens with two attached hydrogens (primary N) is 2. The van der Waals surface area contributed by atoms with E-state index in [1.807, 2.05) is 151 Å². The number of hydrogen-bond donors (Lipinski definition) is 9. The van der Waals surface area contributed by atoms with Crippen molar-refractivity contribution in [3.63, 3.8) is 0 Å². The Kier molecular flexibility index (Phi) is 38.3. The second-order valence-corrected chi connectivity index (χ2v) is 28.4. The molecule has 0 bridgehead atoms. The lowest BCUT2D eigenvalue weighted by Crippen LogP contribution is -2.51. The van der Waals surface area contributed by atoms with Gasteiger partial charge in [0, 0.05) is 144 Å². The molecule has 0 unspecified atom stereocenters. The third-order valence-corrected chi connectivity index (χ3v) is 19.8. The Hall–Kier alpha value is -11.9. The van der Waals surface area contributed by atoms with Gasteiger partial charge in [-0.05, 0) is 138 Å². The molecule has 120 heavy (non-hydrogen) atoms. The molecule has 0 aliphatic carbocycles. The van der Waals surface area contributed by atoms with Crippen molar-refractivity contribution in [1.29, 1.82) is 0 Å². The zero-order chi connectivity index (χ0) is 81.7. The summed E-state index contributed by atoms with van der Waals surface area (Å²) in [6.45, 7) is 21.1. The van der Waals surface area contributed by atoms with Crippen LogP contribution in [0.3, 0.4) is 0 Å². The fourth-order valence-electron chi connectivity index (χ4n) is 12.7. The van der Waals surface area contributed by atoms with Crippen LogP contribution in [0.4, 0.5) is 40.1 Å². The monoisotopic (exact) mass is 1700 g/mol. The van der Waals surface area contributed by atoms with Crippen LogP contribution < -0.4 is 51.0 Å². The minimum Gasteiger partial charge on any atom is -0.489 e.